The first-order valence-electron chi connectivity index (χ1n) is 10.3. The summed E-state index contributed by atoms with van der Waals surface area (Å²) in [4.78, 5) is 26.2. The molecule has 2 aliphatic rings. The molecule has 0 aromatic heterocycles. The van der Waals surface area contributed by atoms with Gasteiger partial charge >= 0.3 is 6.09 Å². The number of carbonyl (C=O) groups excluding carboxylic acids is 2. The Morgan fingerprint density at radius 3 is 2.38 bits per heavy atom. The molecule has 2 amide bonds. The van der Waals surface area contributed by atoms with E-state index in [1.54, 1.807) is 0 Å². The van der Waals surface area contributed by atoms with Crippen LogP contribution in [-0.2, 0) is 32.4 Å². The Hall–Kier alpha value is -3.33. The molecule has 2 aromatic carbocycles. The summed E-state index contributed by atoms with van der Waals surface area (Å²) < 4.78 is 29.9. The first-order valence-corrected chi connectivity index (χ1v) is 12.1. The normalized spacial score (nSPS) is 21.8. The second-order valence-electron chi connectivity index (χ2n) is 7.88. The van der Waals surface area contributed by atoms with E-state index in [4.69, 9.17) is 4.74 Å². The zero-order valence-corrected chi connectivity index (χ0v) is 18.3. The van der Waals surface area contributed by atoms with Gasteiger partial charge in [0.25, 0.3) is 0 Å². The van der Waals surface area contributed by atoms with Crippen LogP contribution < -0.4 is 10.6 Å². The molecule has 2 aromatic rings. The molecule has 2 aliphatic heterocycles. The first-order chi connectivity index (χ1) is 15.3. The molecule has 2 fully saturated rings. The van der Waals surface area contributed by atoms with Crippen molar-refractivity contribution in [2.24, 2.45) is 0 Å². The van der Waals surface area contributed by atoms with Crippen molar-refractivity contribution in [2.75, 3.05) is 12.3 Å². The van der Waals surface area contributed by atoms with Crippen LogP contribution in [0.15, 0.2) is 72.9 Å². The predicted molar refractivity (Wildman–Crippen MR) is 119 cm³/mol. The van der Waals surface area contributed by atoms with E-state index in [2.05, 4.69) is 17.2 Å². The third kappa shape index (κ3) is 4.62. The lowest BCUT2D eigenvalue weighted by molar-refractivity contribution is -0.144. The van der Waals surface area contributed by atoms with Gasteiger partial charge in [0.05, 0.1) is 11.8 Å². The molecule has 8 nitrogen and oxygen atoms in total. The molecular weight excluding hydrogens is 430 g/mol. The predicted octanol–water partition coefficient (Wildman–Crippen LogP) is 1.59. The lowest BCUT2D eigenvalue weighted by Gasteiger charge is -2.42. The second kappa shape index (κ2) is 9.04. The van der Waals surface area contributed by atoms with E-state index >= 15 is 0 Å². The number of fused-ring (bicyclic) bond motifs is 1. The summed E-state index contributed by atoms with van der Waals surface area (Å²) >= 11 is 0. The van der Waals surface area contributed by atoms with Gasteiger partial charge in [0.2, 0.25) is 5.91 Å². The van der Waals surface area contributed by atoms with Crippen LogP contribution >= 0.6 is 0 Å². The summed E-state index contributed by atoms with van der Waals surface area (Å²) in [5.74, 6) is -0.312. The molecule has 0 saturated carbocycles. The van der Waals surface area contributed by atoms with E-state index in [9.17, 15) is 18.0 Å². The summed E-state index contributed by atoms with van der Waals surface area (Å²) in [5, 5.41) is 4.86. The molecule has 3 unspecified atom stereocenters. The third-order valence-corrected chi connectivity index (χ3v) is 7.69. The van der Waals surface area contributed by atoms with Crippen molar-refractivity contribution in [3.05, 3.63) is 84.1 Å². The number of alkyl carbamates (subject to hydrolysis) is 1. The van der Waals surface area contributed by atoms with E-state index in [0.29, 0.717) is 12.1 Å². The number of hydrogen-bond donors (Lipinski definition) is 2. The topological polar surface area (TPSA) is 105 Å². The fourth-order valence-corrected chi connectivity index (χ4v) is 5.85. The van der Waals surface area contributed by atoms with Gasteiger partial charge in [-0.05, 0) is 17.5 Å². The highest BCUT2D eigenvalue weighted by Gasteiger charge is 2.58. The van der Waals surface area contributed by atoms with Crippen LogP contribution in [0.3, 0.4) is 0 Å². The van der Waals surface area contributed by atoms with Crippen LogP contribution in [0.25, 0.3) is 0 Å². The van der Waals surface area contributed by atoms with Gasteiger partial charge in [0, 0.05) is 12.2 Å². The molecule has 2 heterocycles. The van der Waals surface area contributed by atoms with Crippen molar-refractivity contribution in [3.63, 3.8) is 0 Å². The number of sulfone groups is 1. The highest BCUT2D eigenvalue weighted by Crippen LogP contribution is 2.31. The maximum absolute atomic E-state index is 12.5. The van der Waals surface area contributed by atoms with E-state index in [1.807, 2.05) is 60.7 Å². The Morgan fingerprint density at radius 2 is 1.72 bits per heavy atom. The van der Waals surface area contributed by atoms with Crippen LogP contribution in [0.4, 0.5) is 4.79 Å². The maximum atomic E-state index is 12.5. The average molecular weight is 456 g/mol. The number of nitrogens with zero attached hydrogens (tertiary/aromatic N) is 1. The molecule has 2 N–H and O–H groups in total. The fourth-order valence-electron chi connectivity index (χ4n) is 3.96. The van der Waals surface area contributed by atoms with E-state index in [-0.39, 0.29) is 24.8 Å². The Morgan fingerprint density at radius 1 is 1.09 bits per heavy atom. The Labute approximate surface area is 187 Å². The Bertz CT molecular complexity index is 1100. The minimum Gasteiger partial charge on any atom is -0.445 e. The largest absolute Gasteiger partial charge is 0.445 e. The van der Waals surface area contributed by atoms with Crippen molar-refractivity contribution in [3.8, 4) is 0 Å². The average Bonchev–Trinajstić information content (AvgIpc) is 3.08. The Kier molecular flexibility index (Phi) is 6.18. The lowest BCUT2D eigenvalue weighted by Crippen LogP contribution is -2.69. The SMILES string of the molecule is C=C(NC1C(=O)N2CCS(=O)(=O)C12)C(Cc1ccccc1)NC(=O)OCc1ccccc1. The zero-order valence-electron chi connectivity index (χ0n) is 17.4. The molecule has 168 valence electrons. The zero-order chi connectivity index (χ0) is 22.7. The molecular formula is C23H25N3O5S. The van der Waals surface area contributed by atoms with Gasteiger partial charge in [-0.1, -0.05) is 67.2 Å². The van der Waals surface area contributed by atoms with Crippen LogP contribution in [-0.4, -0.2) is 55.1 Å². The number of nitrogens with one attached hydrogen (secondary N) is 2. The van der Waals surface area contributed by atoms with Crippen molar-refractivity contribution < 1.29 is 22.7 Å². The second-order valence-corrected chi connectivity index (χ2v) is 10.1. The lowest BCUT2D eigenvalue weighted by atomic mass is 10.0. The summed E-state index contributed by atoms with van der Waals surface area (Å²) in [5.41, 5.74) is 2.15. The first kappa shape index (κ1) is 21.9. The van der Waals surface area contributed by atoms with Crippen molar-refractivity contribution in [1.82, 2.24) is 15.5 Å². The number of carbonyl (C=O) groups is 2. The number of rotatable bonds is 8. The number of benzene rings is 2. The fraction of sp³-hybridized carbons (Fsp3) is 0.304. The summed E-state index contributed by atoms with van der Waals surface area (Å²) in [6.45, 7) is 4.32. The third-order valence-electron chi connectivity index (χ3n) is 5.68. The molecule has 0 radical (unpaired) electrons. The minimum absolute atomic E-state index is 0.0361. The van der Waals surface area contributed by atoms with Gasteiger partial charge in [-0.15, -0.1) is 0 Å². The standard InChI is InChI=1S/C23H25N3O5S/c1-16(24-20-21(27)26-12-13-32(29,30)22(20)26)19(14-17-8-4-2-5-9-17)25-23(28)31-15-18-10-6-3-7-11-18/h2-11,19-20,22,24H,1,12-15H2,(H,25,28). The number of hydrogen-bond acceptors (Lipinski definition) is 6. The molecule has 9 heteroatoms. The van der Waals surface area contributed by atoms with Crippen LogP contribution in [0.1, 0.15) is 11.1 Å². The molecule has 4 rings (SSSR count). The summed E-state index contributed by atoms with van der Waals surface area (Å²) in [6, 6.07) is 17.3. The number of ether oxygens (including phenoxy) is 1. The number of amides is 2. The van der Waals surface area contributed by atoms with E-state index in [0.717, 1.165) is 11.1 Å². The smallest absolute Gasteiger partial charge is 0.408 e. The summed E-state index contributed by atoms with van der Waals surface area (Å²) in [6.07, 6.45) is -0.234. The molecule has 32 heavy (non-hydrogen) atoms. The van der Waals surface area contributed by atoms with Gasteiger partial charge < -0.3 is 20.3 Å². The molecule has 0 spiro atoms. The maximum Gasteiger partial charge on any atom is 0.408 e. The molecule has 2 saturated heterocycles. The molecule has 0 aliphatic carbocycles. The summed E-state index contributed by atoms with van der Waals surface area (Å²) in [7, 11) is -3.37. The minimum atomic E-state index is -3.37. The van der Waals surface area contributed by atoms with Gasteiger partial charge in [-0.25, -0.2) is 13.2 Å². The quantitative estimate of drug-likeness (QED) is 0.586. The highest BCUT2D eigenvalue weighted by molar-refractivity contribution is 7.92. The van der Waals surface area contributed by atoms with Gasteiger partial charge in [0.15, 0.2) is 15.2 Å². The van der Waals surface area contributed by atoms with Crippen LogP contribution in [0.2, 0.25) is 0 Å². The van der Waals surface area contributed by atoms with Crippen LogP contribution in [0, 0.1) is 0 Å². The van der Waals surface area contributed by atoms with E-state index in [1.165, 1.54) is 4.90 Å². The molecule has 3 atom stereocenters. The van der Waals surface area contributed by atoms with Crippen LogP contribution in [0.5, 0.6) is 0 Å². The van der Waals surface area contributed by atoms with Crippen molar-refractivity contribution in [1.29, 1.82) is 0 Å². The van der Waals surface area contributed by atoms with Crippen molar-refractivity contribution >= 4 is 21.8 Å². The van der Waals surface area contributed by atoms with Crippen molar-refractivity contribution in [2.45, 2.75) is 30.5 Å². The van der Waals surface area contributed by atoms with Gasteiger partial charge in [-0.3, -0.25) is 4.79 Å². The monoisotopic (exact) mass is 455 g/mol. The van der Waals surface area contributed by atoms with Gasteiger partial charge in [0.1, 0.15) is 12.6 Å². The van der Waals surface area contributed by atoms with E-state index < -0.39 is 33.4 Å². The highest BCUT2D eigenvalue weighted by atomic mass is 32.2. The Balaban J connectivity index is 1.43. The van der Waals surface area contributed by atoms with Gasteiger partial charge in [-0.2, -0.15) is 0 Å². The molecule has 0 bridgehead atoms. The number of β-lactam (4-membered cyclic amide) rings is 1.